The van der Waals surface area contributed by atoms with Gasteiger partial charge in [0.2, 0.25) is 11.8 Å². The van der Waals surface area contributed by atoms with Crippen molar-refractivity contribution in [3.8, 4) is 0 Å². The van der Waals surface area contributed by atoms with E-state index in [9.17, 15) is 9.59 Å². The monoisotopic (exact) mass is 296 g/mol. The first-order valence-corrected chi connectivity index (χ1v) is 7.80. The zero-order valence-corrected chi connectivity index (χ0v) is 12.7. The van der Waals surface area contributed by atoms with Crippen molar-refractivity contribution < 1.29 is 19.1 Å². The summed E-state index contributed by atoms with van der Waals surface area (Å²) in [5.74, 6) is 0.771. The fourth-order valence-electron chi connectivity index (χ4n) is 3.56. The molecule has 0 saturated carbocycles. The lowest BCUT2D eigenvalue weighted by Gasteiger charge is -2.52. The van der Waals surface area contributed by atoms with Gasteiger partial charge < -0.3 is 19.3 Å². The summed E-state index contributed by atoms with van der Waals surface area (Å²) in [6.45, 7) is 3.96. The Bertz CT molecular complexity index is 410. The van der Waals surface area contributed by atoms with Gasteiger partial charge in [0, 0.05) is 32.5 Å². The number of amides is 2. The van der Waals surface area contributed by atoms with Gasteiger partial charge in [0.15, 0.2) is 0 Å². The molecule has 0 aromatic heterocycles. The number of carbonyl (C=O) groups excluding carboxylic acids is 2. The lowest BCUT2D eigenvalue weighted by molar-refractivity contribution is -0.191. The van der Waals surface area contributed by atoms with Crippen molar-refractivity contribution in [2.24, 2.45) is 5.92 Å². The molecule has 3 heterocycles. The van der Waals surface area contributed by atoms with Crippen molar-refractivity contribution >= 4 is 11.8 Å². The Morgan fingerprint density at radius 2 is 2.29 bits per heavy atom. The summed E-state index contributed by atoms with van der Waals surface area (Å²) in [7, 11) is 1.54. The zero-order valence-electron chi connectivity index (χ0n) is 12.7. The summed E-state index contributed by atoms with van der Waals surface area (Å²) in [6, 6.07) is 0. The number of carbonyl (C=O) groups is 2. The van der Waals surface area contributed by atoms with E-state index in [0.29, 0.717) is 32.0 Å². The van der Waals surface area contributed by atoms with Gasteiger partial charge >= 0.3 is 0 Å². The number of hydrogen-bond donors (Lipinski definition) is 0. The Labute approximate surface area is 125 Å². The van der Waals surface area contributed by atoms with Crippen LogP contribution in [-0.2, 0) is 19.1 Å². The predicted octanol–water partition coefficient (Wildman–Crippen LogP) is 0.263. The molecule has 118 valence electrons. The zero-order chi connectivity index (χ0) is 14.9. The van der Waals surface area contributed by atoms with Crippen LogP contribution >= 0.6 is 0 Å². The molecule has 6 heteroatoms. The number of hydrogen-bond acceptors (Lipinski definition) is 4. The minimum absolute atomic E-state index is 0.0384. The first-order valence-electron chi connectivity index (χ1n) is 7.80. The molecule has 3 rings (SSSR count). The van der Waals surface area contributed by atoms with E-state index in [-0.39, 0.29) is 24.0 Å². The maximum Gasteiger partial charge on any atom is 0.248 e. The highest BCUT2D eigenvalue weighted by Gasteiger charge is 2.48. The lowest BCUT2D eigenvalue weighted by atomic mass is 9.82. The van der Waals surface area contributed by atoms with Crippen LogP contribution in [0.1, 0.15) is 25.7 Å². The fourth-order valence-corrected chi connectivity index (χ4v) is 3.56. The van der Waals surface area contributed by atoms with Gasteiger partial charge in [0.1, 0.15) is 12.2 Å². The third-order valence-electron chi connectivity index (χ3n) is 4.86. The van der Waals surface area contributed by atoms with Crippen LogP contribution in [0.5, 0.6) is 0 Å². The largest absolute Gasteiger partial charge is 0.375 e. The first kappa shape index (κ1) is 14.8. The molecule has 3 saturated heterocycles. The first-order chi connectivity index (χ1) is 10.1. The van der Waals surface area contributed by atoms with E-state index in [2.05, 4.69) is 0 Å². The SMILES string of the molecule is COCC(=O)N1CC2(CC[C@H](CN3CCCC3=O)CO2)C1. The van der Waals surface area contributed by atoms with E-state index >= 15 is 0 Å². The molecule has 2 amide bonds. The van der Waals surface area contributed by atoms with E-state index < -0.39 is 0 Å². The summed E-state index contributed by atoms with van der Waals surface area (Å²) >= 11 is 0. The molecule has 6 nitrogen and oxygen atoms in total. The average Bonchev–Trinajstić information content (AvgIpc) is 2.83. The number of rotatable bonds is 4. The lowest BCUT2D eigenvalue weighted by Crippen LogP contribution is -2.67. The molecule has 0 unspecified atom stereocenters. The highest BCUT2D eigenvalue weighted by molar-refractivity contribution is 5.78. The van der Waals surface area contributed by atoms with Crippen LogP contribution in [0.4, 0.5) is 0 Å². The Morgan fingerprint density at radius 1 is 1.48 bits per heavy atom. The van der Waals surface area contributed by atoms with Gasteiger partial charge in [-0.2, -0.15) is 0 Å². The van der Waals surface area contributed by atoms with E-state index in [1.807, 2.05) is 4.90 Å². The second-order valence-electron chi connectivity index (χ2n) is 6.52. The molecule has 0 radical (unpaired) electrons. The van der Waals surface area contributed by atoms with Crippen molar-refractivity contribution in [2.45, 2.75) is 31.3 Å². The Morgan fingerprint density at radius 3 is 2.86 bits per heavy atom. The number of likely N-dealkylation sites (tertiary alicyclic amines) is 2. The molecule has 21 heavy (non-hydrogen) atoms. The van der Waals surface area contributed by atoms with E-state index in [1.54, 1.807) is 4.90 Å². The number of nitrogens with zero attached hydrogens (tertiary/aromatic N) is 2. The minimum atomic E-state index is -0.130. The summed E-state index contributed by atoms with van der Waals surface area (Å²) < 4.78 is 10.9. The maximum absolute atomic E-state index is 11.7. The average molecular weight is 296 g/mol. The van der Waals surface area contributed by atoms with Gasteiger partial charge in [-0.15, -0.1) is 0 Å². The van der Waals surface area contributed by atoms with Gasteiger partial charge in [-0.25, -0.2) is 0 Å². The normalized spacial score (nSPS) is 28.0. The number of methoxy groups -OCH3 is 1. The molecule has 0 bridgehead atoms. The molecule has 3 fully saturated rings. The van der Waals surface area contributed by atoms with Gasteiger partial charge in [0.05, 0.1) is 19.7 Å². The highest BCUT2D eigenvalue weighted by Crippen LogP contribution is 2.36. The van der Waals surface area contributed by atoms with E-state index in [4.69, 9.17) is 9.47 Å². The third-order valence-corrected chi connectivity index (χ3v) is 4.86. The van der Waals surface area contributed by atoms with E-state index in [1.165, 1.54) is 7.11 Å². The van der Waals surface area contributed by atoms with Gasteiger partial charge in [-0.1, -0.05) is 0 Å². The van der Waals surface area contributed by atoms with E-state index in [0.717, 1.165) is 32.4 Å². The van der Waals surface area contributed by atoms with Crippen molar-refractivity contribution in [1.29, 1.82) is 0 Å². The smallest absolute Gasteiger partial charge is 0.248 e. The van der Waals surface area contributed by atoms with Crippen LogP contribution in [0.15, 0.2) is 0 Å². The van der Waals surface area contributed by atoms with Crippen LogP contribution in [0, 0.1) is 5.92 Å². The molecule has 0 aromatic carbocycles. The highest BCUT2D eigenvalue weighted by atomic mass is 16.5. The fraction of sp³-hybridized carbons (Fsp3) is 0.867. The van der Waals surface area contributed by atoms with Crippen molar-refractivity contribution in [3.05, 3.63) is 0 Å². The topological polar surface area (TPSA) is 59.1 Å². The molecular weight excluding hydrogens is 272 g/mol. The molecular formula is C15H24N2O4. The summed E-state index contributed by atoms with van der Waals surface area (Å²) in [5.41, 5.74) is -0.130. The molecule has 0 N–H and O–H groups in total. The minimum Gasteiger partial charge on any atom is -0.375 e. The summed E-state index contributed by atoms with van der Waals surface area (Å²) in [6.07, 6.45) is 3.76. The van der Waals surface area contributed by atoms with Crippen LogP contribution in [0.2, 0.25) is 0 Å². The standard InChI is InChI=1S/C15H24N2O4/c1-20-9-14(19)17-10-15(11-17)5-4-12(8-21-15)7-16-6-2-3-13(16)18/h12H,2-11H2,1H3/t12-/m1/s1. The molecule has 3 aliphatic rings. The molecule has 1 spiro atoms. The van der Waals surface area contributed by atoms with Crippen LogP contribution in [0.3, 0.4) is 0 Å². The van der Waals surface area contributed by atoms with Crippen LogP contribution in [-0.4, -0.2) is 73.7 Å². The Hall–Kier alpha value is -1.14. The quantitative estimate of drug-likeness (QED) is 0.747. The van der Waals surface area contributed by atoms with Gasteiger partial charge in [0.25, 0.3) is 0 Å². The molecule has 0 aliphatic carbocycles. The molecule has 3 aliphatic heterocycles. The Balaban J connectivity index is 1.42. The van der Waals surface area contributed by atoms with Gasteiger partial charge in [-0.05, 0) is 19.3 Å². The van der Waals surface area contributed by atoms with Crippen molar-refractivity contribution in [2.75, 3.05) is 46.5 Å². The Kier molecular flexibility index (Phi) is 4.17. The van der Waals surface area contributed by atoms with Crippen molar-refractivity contribution in [3.63, 3.8) is 0 Å². The third kappa shape index (κ3) is 3.06. The second kappa shape index (κ2) is 5.93. The molecule has 1 atom stereocenters. The van der Waals surface area contributed by atoms with Crippen molar-refractivity contribution in [1.82, 2.24) is 9.80 Å². The van der Waals surface area contributed by atoms with Crippen LogP contribution in [0.25, 0.3) is 0 Å². The van der Waals surface area contributed by atoms with Gasteiger partial charge in [-0.3, -0.25) is 9.59 Å². The summed E-state index contributed by atoms with van der Waals surface area (Å²) in [5, 5.41) is 0. The van der Waals surface area contributed by atoms with Crippen LogP contribution < -0.4 is 0 Å². The molecule has 0 aromatic rings. The number of ether oxygens (including phenoxy) is 2. The second-order valence-corrected chi connectivity index (χ2v) is 6.52. The predicted molar refractivity (Wildman–Crippen MR) is 75.7 cm³/mol. The summed E-state index contributed by atoms with van der Waals surface area (Å²) in [4.78, 5) is 27.1. The maximum atomic E-state index is 11.7.